The van der Waals surface area contributed by atoms with E-state index in [2.05, 4.69) is 51.2 Å². The molecule has 8 nitrogen and oxygen atoms in total. The summed E-state index contributed by atoms with van der Waals surface area (Å²) in [5.74, 6) is 2.78. The maximum Gasteiger partial charge on any atom is 0.263 e. The molecule has 0 spiro atoms. The topological polar surface area (TPSA) is 88.2 Å². The van der Waals surface area contributed by atoms with Gasteiger partial charge in [0.15, 0.2) is 5.82 Å². The predicted molar refractivity (Wildman–Crippen MR) is 125 cm³/mol. The molecule has 0 bridgehead atoms. The van der Waals surface area contributed by atoms with Crippen LogP contribution < -0.4 is 4.90 Å². The van der Waals surface area contributed by atoms with Gasteiger partial charge in [0.05, 0.1) is 5.92 Å². The summed E-state index contributed by atoms with van der Waals surface area (Å²) in [6.45, 7) is 6.92. The average molecular weight is 447 g/mol. The molecule has 1 unspecified atom stereocenters. The molecular formula is C25H30N6O2. The van der Waals surface area contributed by atoms with Gasteiger partial charge >= 0.3 is 0 Å². The van der Waals surface area contributed by atoms with Crippen molar-refractivity contribution < 1.29 is 9.32 Å². The van der Waals surface area contributed by atoms with Crippen molar-refractivity contribution >= 4 is 11.7 Å². The summed E-state index contributed by atoms with van der Waals surface area (Å²) in [6, 6.07) is 8.43. The Labute approximate surface area is 194 Å². The highest BCUT2D eigenvalue weighted by molar-refractivity contribution is 5.80. The van der Waals surface area contributed by atoms with E-state index in [1.807, 2.05) is 11.8 Å². The number of piperidine rings is 1. The van der Waals surface area contributed by atoms with Crippen LogP contribution in [0.4, 0.5) is 5.82 Å². The average Bonchev–Trinajstić information content (AvgIpc) is 3.32. The largest absolute Gasteiger partial charge is 0.355 e. The first-order valence-electron chi connectivity index (χ1n) is 11.9. The molecule has 33 heavy (non-hydrogen) atoms. The van der Waals surface area contributed by atoms with Gasteiger partial charge in [-0.2, -0.15) is 4.98 Å². The lowest BCUT2D eigenvalue weighted by molar-refractivity contribution is -0.136. The molecule has 5 rings (SSSR count). The van der Waals surface area contributed by atoms with Gasteiger partial charge in [0.25, 0.3) is 5.89 Å². The molecule has 1 aromatic carbocycles. The van der Waals surface area contributed by atoms with Gasteiger partial charge in [-0.3, -0.25) is 4.79 Å². The van der Waals surface area contributed by atoms with Gasteiger partial charge in [-0.25, -0.2) is 9.97 Å². The number of anilines is 1. The van der Waals surface area contributed by atoms with Crippen LogP contribution in [-0.4, -0.2) is 50.5 Å². The Morgan fingerprint density at radius 2 is 2.03 bits per heavy atom. The Bertz CT molecular complexity index is 1140. The number of hydrogen-bond donors (Lipinski definition) is 0. The van der Waals surface area contributed by atoms with E-state index >= 15 is 0 Å². The van der Waals surface area contributed by atoms with Gasteiger partial charge in [-0.05, 0) is 43.7 Å². The molecule has 0 aliphatic carbocycles. The minimum atomic E-state index is -0.0505. The highest BCUT2D eigenvalue weighted by atomic mass is 16.5. The highest BCUT2D eigenvalue weighted by Gasteiger charge is 2.33. The molecule has 2 aromatic heterocycles. The zero-order chi connectivity index (χ0) is 22.8. The van der Waals surface area contributed by atoms with Crippen molar-refractivity contribution in [2.75, 3.05) is 24.5 Å². The fraction of sp³-hybridized carbons (Fsp3) is 0.480. The highest BCUT2D eigenvalue weighted by Crippen LogP contribution is 2.32. The zero-order valence-corrected chi connectivity index (χ0v) is 19.3. The fourth-order valence-electron chi connectivity index (χ4n) is 4.85. The molecule has 1 fully saturated rings. The molecule has 172 valence electrons. The molecule has 1 atom stereocenters. The third kappa shape index (κ3) is 4.47. The minimum absolute atomic E-state index is 0.0505. The number of carbonyl (C=O) groups excluding carboxylic acids is 1. The van der Waals surface area contributed by atoms with Crippen molar-refractivity contribution in [2.24, 2.45) is 5.92 Å². The first kappa shape index (κ1) is 21.6. The maximum absolute atomic E-state index is 13.5. The van der Waals surface area contributed by atoms with E-state index in [4.69, 9.17) is 9.51 Å². The Kier molecular flexibility index (Phi) is 6.07. The predicted octanol–water partition coefficient (Wildman–Crippen LogP) is 3.59. The van der Waals surface area contributed by atoms with Crippen LogP contribution in [0.15, 0.2) is 35.0 Å². The SMILES string of the molecule is CCCc1noc(-c2cnc(C)nc2N2CCCC(C(=O)N3CCc4ccccc4C3)C2)n1. The Morgan fingerprint density at radius 3 is 2.88 bits per heavy atom. The summed E-state index contributed by atoms with van der Waals surface area (Å²) in [7, 11) is 0. The molecule has 1 amide bonds. The first-order chi connectivity index (χ1) is 16.1. The maximum atomic E-state index is 13.5. The third-order valence-electron chi connectivity index (χ3n) is 6.57. The summed E-state index contributed by atoms with van der Waals surface area (Å²) in [4.78, 5) is 31.3. The number of benzene rings is 1. The lowest BCUT2D eigenvalue weighted by atomic mass is 9.93. The van der Waals surface area contributed by atoms with Gasteiger partial charge in [-0.1, -0.05) is 36.3 Å². The number of rotatable bonds is 5. The van der Waals surface area contributed by atoms with Crippen molar-refractivity contribution in [1.82, 2.24) is 25.0 Å². The van der Waals surface area contributed by atoms with E-state index in [1.165, 1.54) is 11.1 Å². The molecule has 3 aromatic rings. The van der Waals surface area contributed by atoms with Gasteiger partial charge in [0, 0.05) is 38.8 Å². The molecule has 4 heterocycles. The smallest absolute Gasteiger partial charge is 0.263 e. The van der Waals surface area contributed by atoms with Crippen molar-refractivity contribution in [1.29, 1.82) is 0 Å². The van der Waals surface area contributed by atoms with Crippen molar-refractivity contribution in [3.63, 3.8) is 0 Å². The Hall–Kier alpha value is -3.29. The molecule has 0 N–H and O–H groups in total. The third-order valence-corrected chi connectivity index (χ3v) is 6.57. The minimum Gasteiger partial charge on any atom is -0.355 e. The lowest BCUT2D eigenvalue weighted by Crippen LogP contribution is -2.46. The standard InChI is InChI=1S/C25H30N6O2/c1-3-7-22-28-24(33-29-22)21-14-26-17(2)27-23(21)30-12-6-10-20(16-30)25(32)31-13-11-18-8-4-5-9-19(18)15-31/h4-5,8-9,14,20H,3,6-7,10-13,15-16H2,1-2H3. The molecular weight excluding hydrogens is 416 g/mol. The van der Waals surface area contributed by atoms with Crippen LogP contribution in [0, 0.1) is 12.8 Å². The van der Waals surface area contributed by atoms with Crippen LogP contribution in [0.5, 0.6) is 0 Å². The number of nitrogens with zero attached hydrogens (tertiary/aromatic N) is 6. The summed E-state index contributed by atoms with van der Waals surface area (Å²) in [6.07, 6.45) is 6.24. The van der Waals surface area contributed by atoms with E-state index in [-0.39, 0.29) is 11.8 Å². The quantitative estimate of drug-likeness (QED) is 0.592. The van der Waals surface area contributed by atoms with Crippen LogP contribution in [0.1, 0.15) is 49.0 Å². The summed E-state index contributed by atoms with van der Waals surface area (Å²) in [5.41, 5.74) is 3.35. The normalized spacial score (nSPS) is 18.3. The summed E-state index contributed by atoms with van der Waals surface area (Å²) in [5, 5.41) is 4.09. The van der Waals surface area contributed by atoms with Crippen LogP contribution >= 0.6 is 0 Å². The second-order valence-corrected chi connectivity index (χ2v) is 8.98. The number of hydrogen-bond acceptors (Lipinski definition) is 7. The van der Waals surface area contributed by atoms with Gasteiger partial charge in [0.1, 0.15) is 17.2 Å². The first-order valence-corrected chi connectivity index (χ1v) is 11.9. The van der Waals surface area contributed by atoms with E-state index in [1.54, 1.807) is 6.20 Å². The Balaban J connectivity index is 1.36. The molecule has 8 heteroatoms. The van der Waals surface area contributed by atoms with E-state index in [0.717, 1.165) is 56.6 Å². The van der Waals surface area contributed by atoms with E-state index in [0.29, 0.717) is 30.6 Å². The summed E-state index contributed by atoms with van der Waals surface area (Å²) >= 11 is 0. The fourth-order valence-corrected chi connectivity index (χ4v) is 4.85. The molecule has 0 radical (unpaired) electrons. The van der Waals surface area contributed by atoms with Crippen LogP contribution in [0.2, 0.25) is 0 Å². The lowest BCUT2D eigenvalue weighted by Gasteiger charge is -2.37. The number of fused-ring (bicyclic) bond motifs is 1. The van der Waals surface area contributed by atoms with Crippen molar-refractivity contribution in [2.45, 2.75) is 52.5 Å². The summed E-state index contributed by atoms with van der Waals surface area (Å²) < 4.78 is 5.53. The monoisotopic (exact) mass is 446 g/mol. The number of aryl methyl sites for hydroxylation is 2. The number of carbonyl (C=O) groups is 1. The second-order valence-electron chi connectivity index (χ2n) is 8.98. The number of amides is 1. The Morgan fingerprint density at radius 1 is 1.18 bits per heavy atom. The molecule has 2 aliphatic rings. The van der Waals surface area contributed by atoms with Crippen LogP contribution in [0.3, 0.4) is 0 Å². The molecule has 2 aliphatic heterocycles. The number of aromatic nitrogens is 4. The second kappa shape index (κ2) is 9.29. The van der Waals surface area contributed by atoms with Crippen LogP contribution in [0.25, 0.3) is 11.5 Å². The van der Waals surface area contributed by atoms with E-state index in [9.17, 15) is 4.79 Å². The van der Waals surface area contributed by atoms with Gasteiger partial charge < -0.3 is 14.3 Å². The molecule has 1 saturated heterocycles. The van der Waals surface area contributed by atoms with Gasteiger partial charge in [0.2, 0.25) is 5.91 Å². The van der Waals surface area contributed by atoms with E-state index < -0.39 is 0 Å². The van der Waals surface area contributed by atoms with Gasteiger partial charge in [-0.15, -0.1) is 0 Å². The van der Waals surface area contributed by atoms with Crippen LogP contribution in [-0.2, 0) is 24.2 Å². The molecule has 0 saturated carbocycles. The zero-order valence-electron chi connectivity index (χ0n) is 19.3. The van der Waals surface area contributed by atoms with Crippen molar-refractivity contribution in [3.05, 3.63) is 53.2 Å². The van der Waals surface area contributed by atoms with Crippen molar-refractivity contribution in [3.8, 4) is 11.5 Å².